The van der Waals surface area contributed by atoms with Gasteiger partial charge in [-0.15, -0.1) is 10.2 Å². The molecule has 4 heterocycles. The minimum absolute atomic E-state index is 0.000251. The van der Waals surface area contributed by atoms with Crippen molar-refractivity contribution in [2.24, 2.45) is 0 Å². The monoisotopic (exact) mass is 509 g/mol. The fourth-order valence-electron chi connectivity index (χ4n) is 4.96. The molecule has 0 radical (unpaired) electrons. The number of nitrogens with zero attached hydrogens (tertiary/aromatic N) is 5. The van der Waals surface area contributed by atoms with Crippen LogP contribution in [0.5, 0.6) is 0 Å². The van der Waals surface area contributed by atoms with Crippen LogP contribution in [0.25, 0.3) is 22.4 Å². The lowest BCUT2D eigenvalue weighted by Crippen LogP contribution is -2.29. The number of aromatic nitrogens is 5. The Hall–Kier alpha value is -4.70. The van der Waals surface area contributed by atoms with Crippen LogP contribution in [-0.4, -0.2) is 36.3 Å². The molecule has 192 valence electrons. The Balaban J connectivity index is 1.37. The first-order chi connectivity index (χ1) is 18.5. The molecule has 3 atom stereocenters. The van der Waals surface area contributed by atoms with E-state index in [1.165, 1.54) is 6.39 Å². The molecule has 1 aliphatic heterocycles. The van der Waals surface area contributed by atoms with E-state index in [1.807, 2.05) is 66.2 Å². The molecule has 0 fully saturated rings. The number of hydrogen-bond acceptors (Lipinski definition) is 8. The summed E-state index contributed by atoms with van der Waals surface area (Å²) in [4.78, 5) is 17.6. The molecule has 10 heteroatoms. The van der Waals surface area contributed by atoms with Crippen molar-refractivity contribution in [1.29, 1.82) is 0 Å². The molecule has 0 amide bonds. The molecule has 38 heavy (non-hydrogen) atoms. The van der Waals surface area contributed by atoms with Gasteiger partial charge in [0.1, 0.15) is 5.82 Å². The van der Waals surface area contributed by atoms with Crippen LogP contribution in [-0.2, 0) is 0 Å². The van der Waals surface area contributed by atoms with Gasteiger partial charge in [-0.25, -0.2) is 9.67 Å². The van der Waals surface area contributed by atoms with Gasteiger partial charge in [0.25, 0.3) is 11.4 Å². The molecular formula is C28H27N7O3. The van der Waals surface area contributed by atoms with E-state index in [-0.39, 0.29) is 30.3 Å². The van der Waals surface area contributed by atoms with E-state index in [1.54, 1.807) is 10.9 Å². The van der Waals surface area contributed by atoms with E-state index in [0.29, 0.717) is 28.3 Å². The summed E-state index contributed by atoms with van der Waals surface area (Å²) in [5.74, 6) is 0.885. The summed E-state index contributed by atoms with van der Waals surface area (Å²) < 4.78 is 9.28. The lowest BCUT2D eigenvalue weighted by atomic mass is 10.1. The second-order valence-electron chi connectivity index (χ2n) is 9.37. The number of nitrogens with one attached hydrogen (secondary N) is 2. The maximum Gasteiger partial charge on any atom is 0.275 e. The molecule has 6 rings (SSSR count). The first kappa shape index (κ1) is 23.7. The molecular weight excluding hydrogens is 482 g/mol. The number of aliphatic hydroxyl groups is 1. The molecule has 0 saturated carbocycles. The summed E-state index contributed by atoms with van der Waals surface area (Å²) >= 11 is 0. The Morgan fingerprint density at radius 3 is 2.58 bits per heavy atom. The highest BCUT2D eigenvalue weighted by Gasteiger charge is 2.23. The van der Waals surface area contributed by atoms with Crippen LogP contribution in [0.15, 0.2) is 88.6 Å². The topological polar surface area (TPSA) is 123 Å². The first-order valence-electron chi connectivity index (χ1n) is 12.4. The number of fused-ring (bicyclic) bond motifs is 3. The molecule has 3 aromatic heterocycles. The lowest BCUT2D eigenvalue weighted by Gasteiger charge is -2.24. The molecule has 5 aromatic rings. The highest BCUT2D eigenvalue weighted by atomic mass is 16.4. The van der Waals surface area contributed by atoms with Crippen LogP contribution in [0.4, 0.5) is 17.2 Å². The van der Waals surface area contributed by atoms with Crippen molar-refractivity contribution in [3.05, 3.63) is 95.3 Å². The van der Waals surface area contributed by atoms with Crippen molar-refractivity contribution >= 4 is 28.1 Å². The van der Waals surface area contributed by atoms with Gasteiger partial charge in [0.2, 0.25) is 6.39 Å². The van der Waals surface area contributed by atoms with E-state index >= 15 is 0 Å². The van der Waals surface area contributed by atoms with Crippen molar-refractivity contribution in [3.63, 3.8) is 0 Å². The van der Waals surface area contributed by atoms with Gasteiger partial charge >= 0.3 is 0 Å². The summed E-state index contributed by atoms with van der Waals surface area (Å²) in [6.45, 7) is 3.96. The summed E-state index contributed by atoms with van der Waals surface area (Å²) in [6.07, 6.45) is 7.08. The van der Waals surface area contributed by atoms with E-state index in [2.05, 4.69) is 44.9 Å². The van der Waals surface area contributed by atoms with Crippen LogP contribution in [0.1, 0.15) is 37.5 Å². The second kappa shape index (κ2) is 9.64. The van der Waals surface area contributed by atoms with Crippen LogP contribution in [0.2, 0.25) is 0 Å². The molecule has 0 spiro atoms. The SMILES string of the molecule is CC1C=CC(C)n2c3cc(Nc4cc(N[C@H](CO)c5ccccc5)c(-c5nnco5)cn4)ccc3c(=O)n21. The highest BCUT2D eigenvalue weighted by molar-refractivity contribution is 5.84. The first-order valence-corrected chi connectivity index (χ1v) is 12.4. The van der Waals surface area contributed by atoms with E-state index in [4.69, 9.17) is 4.42 Å². The second-order valence-corrected chi connectivity index (χ2v) is 9.37. The Labute approximate surface area is 218 Å². The third kappa shape index (κ3) is 4.14. The number of benzene rings is 2. The van der Waals surface area contributed by atoms with Crippen LogP contribution >= 0.6 is 0 Å². The molecule has 2 aromatic carbocycles. The van der Waals surface area contributed by atoms with Crippen molar-refractivity contribution in [2.75, 3.05) is 17.2 Å². The summed E-state index contributed by atoms with van der Waals surface area (Å²) in [7, 11) is 0. The number of anilines is 3. The number of pyridine rings is 1. The van der Waals surface area contributed by atoms with Crippen LogP contribution in [0.3, 0.4) is 0 Å². The van der Waals surface area contributed by atoms with Gasteiger partial charge in [0.15, 0.2) is 0 Å². The third-order valence-electron chi connectivity index (χ3n) is 6.84. The smallest absolute Gasteiger partial charge is 0.275 e. The number of aliphatic hydroxyl groups excluding tert-OH is 1. The number of rotatable bonds is 7. The minimum Gasteiger partial charge on any atom is -0.423 e. The predicted molar refractivity (Wildman–Crippen MR) is 145 cm³/mol. The van der Waals surface area contributed by atoms with Crippen molar-refractivity contribution < 1.29 is 9.52 Å². The number of hydrogen-bond donors (Lipinski definition) is 3. The molecule has 1 aliphatic rings. The zero-order chi connectivity index (χ0) is 26.2. The molecule has 10 nitrogen and oxygen atoms in total. The van der Waals surface area contributed by atoms with Crippen molar-refractivity contribution in [1.82, 2.24) is 24.5 Å². The summed E-state index contributed by atoms with van der Waals surface area (Å²) in [5, 5.41) is 25.4. The molecule has 3 N–H and O–H groups in total. The van der Waals surface area contributed by atoms with E-state index in [0.717, 1.165) is 16.8 Å². The Morgan fingerprint density at radius 1 is 1.05 bits per heavy atom. The molecule has 0 aliphatic carbocycles. The van der Waals surface area contributed by atoms with Gasteiger partial charge in [-0.3, -0.25) is 9.48 Å². The van der Waals surface area contributed by atoms with Gasteiger partial charge in [-0.1, -0.05) is 42.5 Å². The summed E-state index contributed by atoms with van der Waals surface area (Å²) in [6, 6.07) is 16.9. The maximum absolute atomic E-state index is 13.1. The van der Waals surface area contributed by atoms with E-state index < -0.39 is 0 Å². The lowest BCUT2D eigenvalue weighted by molar-refractivity contribution is 0.276. The standard InChI is InChI=1S/C28H27N7O3/c1-17-8-9-18(2)35-28(37)21-11-10-20(12-25(21)34(17)35)31-26-13-23(22(14-29-26)27-33-30-16-38-27)32-24(15-36)19-6-4-3-5-7-19/h3-14,16-18,24,36H,15H2,1-2H3,(H2,29,31,32)/t17?,18?,24-/m1/s1. The Bertz CT molecular complexity index is 1670. The minimum atomic E-state index is -0.360. The maximum atomic E-state index is 13.1. The zero-order valence-electron chi connectivity index (χ0n) is 20.9. The van der Waals surface area contributed by atoms with Crippen molar-refractivity contribution in [3.8, 4) is 11.5 Å². The highest BCUT2D eigenvalue weighted by Crippen LogP contribution is 2.33. The predicted octanol–water partition coefficient (Wildman–Crippen LogP) is 4.83. The summed E-state index contributed by atoms with van der Waals surface area (Å²) in [5.41, 5.74) is 3.86. The van der Waals surface area contributed by atoms with Gasteiger partial charge in [-0.2, -0.15) is 0 Å². The fourth-order valence-corrected chi connectivity index (χ4v) is 4.96. The quantitative estimate of drug-likeness (QED) is 0.267. The molecule has 2 unspecified atom stereocenters. The average Bonchev–Trinajstić information content (AvgIpc) is 3.57. The average molecular weight is 510 g/mol. The van der Waals surface area contributed by atoms with E-state index in [9.17, 15) is 9.90 Å². The van der Waals surface area contributed by atoms with Gasteiger partial charge in [0, 0.05) is 18.0 Å². The van der Waals surface area contributed by atoms with Gasteiger partial charge < -0.3 is 20.2 Å². The fraction of sp³-hybridized carbons (Fsp3) is 0.214. The van der Waals surface area contributed by atoms with Gasteiger partial charge in [-0.05, 0) is 37.6 Å². The van der Waals surface area contributed by atoms with Crippen molar-refractivity contribution in [2.45, 2.75) is 32.0 Å². The molecule has 0 saturated heterocycles. The third-order valence-corrected chi connectivity index (χ3v) is 6.84. The Kier molecular flexibility index (Phi) is 6.01. The largest absolute Gasteiger partial charge is 0.423 e. The van der Waals surface area contributed by atoms with Crippen LogP contribution in [0, 0.1) is 0 Å². The number of allylic oxidation sites excluding steroid dienone is 2. The normalized spacial score (nSPS) is 17.3. The Morgan fingerprint density at radius 2 is 1.84 bits per heavy atom. The zero-order valence-corrected chi connectivity index (χ0v) is 20.9. The van der Waals surface area contributed by atoms with Gasteiger partial charge in [0.05, 0.1) is 46.9 Å². The van der Waals surface area contributed by atoms with Crippen LogP contribution < -0.4 is 16.2 Å². The molecule has 0 bridgehead atoms.